The van der Waals surface area contributed by atoms with Crippen LogP contribution in [0, 0.1) is 5.92 Å². The molecule has 0 fully saturated rings. The van der Waals surface area contributed by atoms with E-state index < -0.39 is 145 Å². The Morgan fingerprint density at radius 1 is 0.558 bits per heavy atom. The minimum atomic E-state index is -2.24. The van der Waals surface area contributed by atoms with E-state index in [9.17, 15) is 77.0 Å². The lowest BCUT2D eigenvalue weighted by molar-refractivity contribution is -0.140. The van der Waals surface area contributed by atoms with E-state index in [1.54, 1.807) is 13.8 Å². The van der Waals surface area contributed by atoms with E-state index in [0.717, 1.165) is 13.8 Å². The van der Waals surface area contributed by atoms with Crippen LogP contribution in [0.25, 0.3) is 0 Å². The Bertz CT molecular complexity index is 2080. The van der Waals surface area contributed by atoms with Crippen LogP contribution in [0.3, 0.4) is 0 Å². The molecule has 0 unspecified atom stereocenters. The van der Waals surface area contributed by atoms with Gasteiger partial charge in [-0.05, 0) is 51.5 Å². The van der Waals surface area contributed by atoms with Crippen LogP contribution in [0.15, 0.2) is 4.99 Å². The van der Waals surface area contributed by atoms with Crippen molar-refractivity contribution in [3.63, 3.8) is 0 Å². The van der Waals surface area contributed by atoms with Gasteiger partial charge in [-0.15, -0.1) is 0 Å². The third-order valence-electron chi connectivity index (χ3n) is 11.2. The van der Waals surface area contributed by atoms with Gasteiger partial charge in [0.25, 0.3) is 23.6 Å². The summed E-state index contributed by atoms with van der Waals surface area (Å²) in [5.41, 5.74) is 21.6. The van der Waals surface area contributed by atoms with Crippen LogP contribution in [0.4, 0.5) is 0 Å². The minimum Gasteiger partial charge on any atom is -0.481 e. The molecule has 0 radical (unpaired) electrons. The van der Waals surface area contributed by atoms with E-state index in [-0.39, 0.29) is 76.7 Å². The molecule has 0 saturated carbocycles. The van der Waals surface area contributed by atoms with Gasteiger partial charge in [0, 0.05) is 19.9 Å². The van der Waals surface area contributed by atoms with E-state index in [1.165, 1.54) is 6.92 Å². The molecular weight excluding hydrogens is 1020 g/mol. The van der Waals surface area contributed by atoms with Crippen LogP contribution in [-0.2, 0) is 71.9 Å². The molecule has 12 atom stereocenters. The van der Waals surface area contributed by atoms with Crippen LogP contribution in [0.1, 0.15) is 92.4 Å². The number of unbranched alkanes of at least 4 members (excludes halogenated alkanes) is 1. The van der Waals surface area contributed by atoms with E-state index in [2.05, 4.69) is 63.5 Å². The first-order chi connectivity index (χ1) is 36.4. The molecule has 0 aliphatic rings. The number of nitrogens with two attached hydrogens (primary N) is 4. The second-order valence-corrected chi connectivity index (χ2v) is 17.4. The number of carboxylic acid groups (broad SMARTS) is 1. The van der Waals surface area contributed by atoms with Crippen LogP contribution in [0.5, 0.6) is 0 Å². The van der Waals surface area contributed by atoms with Gasteiger partial charge in [-0.2, -0.15) is 0 Å². The highest BCUT2D eigenvalue weighted by Gasteiger charge is 2.38. The molecule has 32 nitrogen and oxygen atoms in total. The SMILES string of the molecule is CC[C@@H](C)[C@H](C=O)N[C@@H](NC(=O)[C@@H](NC(=O)[C@H](NC(=O)[C@@H](CC)NCC=O)N[C@@H](C=O)CC(=O)O)N[C@@H](CCCCN)C(=O)C(C)=O)C(=O)N[C@H](N[C@@H](C=O)CC(N)=O)C(=O)N[C@H](N[C@@H](C=O)CCCN=C(N)N)C(C)=O. The van der Waals surface area contributed by atoms with E-state index in [1.807, 2.05) is 0 Å². The monoisotopic (exact) mass is 1100 g/mol. The second kappa shape index (κ2) is 38.2. The number of primary amides is 1. The van der Waals surface area contributed by atoms with Gasteiger partial charge in [-0.3, -0.25) is 84.8 Å². The van der Waals surface area contributed by atoms with Crippen molar-refractivity contribution < 1.29 is 77.0 Å². The molecule has 0 aromatic carbocycles. The van der Waals surface area contributed by atoms with Crippen LogP contribution in [0.2, 0.25) is 0 Å². The number of hydrogen-bond donors (Lipinski definition) is 16. The van der Waals surface area contributed by atoms with Crippen molar-refractivity contribution in [2.24, 2.45) is 33.8 Å². The number of nitrogens with zero attached hydrogens (tertiary/aromatic N) is 1. The maximum absolute atomic E-state index is 14.7. The Morgan fingerprint density at radius 2 is 1.04 bits per heavy atom. The van der Waals surface area contributed by atoms with Crippen LogP contribution < -0.4 is 81.4 Å². The number of ketones is 3. The summed E-state index contributed by atoms with van der Waals surface area (Å²) in [6, 6.07) is -8.43. The van der Waals surface area contributed by atoms with Crippen molar-refractivity contribution in [3.8, 4) is 0 Å². The molecule has 77 heavy (non-hydrogen) atoms. The number of aldehydes is 5. The number of hydrogen-bond acceptors (Lipinski definition) is 23. The molecule has 0 aromatic heterocycles. The third-order valence-corrected chi connectivity index (χ3v) is 11.2. The normalized spacial score (nSPS) is 15.7. The van der Waals surface area contributed by atoms with Crippen molar-refractivity contribution in [1.82, 2.24) is 58.5 Å². The number of carbonyl (C=O) groups excluding carboxylic acids is 14. The van der Waals surface area contributed by atoms with Crippen molar-refractivity contribution in [2.75, 3.05) is 19.6 Å². The van der Waals surface area contributed by atoms with E-state index >= 15 is 0 Å². The summed E-state index contributed by atoms with van der Waals surface area (Å²) in [5.74, 6) is -12.8. The molecular formula is C45H76N16O16. The molecule has 0 heterocycles. The Labute approximate surface area is 443 Å². The number of guanidine groups is 1. The van der Waals surface area contributed by atoms with Crippen LogP contribution >= 0.6 is 0 Å². The molecule has 0 spiro atoms. The summed E-state index contributed by atoms with van der Waals surface area (Å²) < 4.78 is 0. The van der Waals surface area contributed by atoms with Crippen molar-refractivity contribution in [1.29, 1.82) is 0 Å². The highest BCUT2D eigenvalue weighted by molar-refractivity contribution is 6.38. The molecule has 32 heteroatoms. The maximum atomic E-state index is 14.7. The van der Waals surface area contributed by atoms with Gasteiger partial charge in [-0.25, -0.2) is 0 Å². The number of carboxylic acids is 1. The number of nitrogens with one attached hydrogen (secondary N) is 11. The van der Waals surface area contributed by atoms with Gasteiger partial charge in [0.1, 0.15) is 37.6 Å². The lowest BCUT2D eigenvalue weighted by atomic mass is 10.00. The molecule has 0 aliphatic heterocycles. The smallest absolute Gasteiger partial charge is 0.305 e. The van der Waals surface area contributed by atoms with Crippen molar-refractivity contribution in [3.05, 3.63) is 0 Å². The highest BCUT2D eigenvalue weighted by Crippen LogP contribution is 2.09. The largest absolute Gasteiger partial charge is 0.481 e. The predicted molar refractivity (Wildman–Crippen MR) is 271 cm³/mol. The Balaban J connectivity index is 7.82. The highest BCUT2D eigenvalue weighted by atomic mass is 16.4. The third kappa shape index (κ3) is 27.8. The molecule has 0 saturated heterocycles. The zero-order chi connectivity index (χ0) is 58.8. The first-order valence-electron chi connectivity index (χ1n) is 24.5. The van der Waals surface area contributed by atoms with Crippen molar-refractivity contribution >= 4 is 96.2 Å². The average Bonchev–Trinajstić information content (AvgIpc) is 3.37. The fraction of sp³-hybridized carbons (Fsp3) is 0.644. The standard InChI is InChI=1S/C45H76N16O16/c1-6-23(3)31(22-66)56-39(44(77)59-37(53-27(20-64)17-32(47)69)41(74)57-35(25(5)68)52-26(19-63)11-10-14-51-45(48)49)61-43(76)38(55-30(12-8-9-13-46)34(72)24(4)67)60-42(75)36(54-28(21-65)18-33(70)71)58-40(73)29(7-2)50-15-16-62/h16,19-23,26-31,35-39,50,52-56H,6-15,17-18,46H2,1-5H3,(H2,47,69)(H,57,74)(H,58,73)(H,59,77)(H,60,75)(H,61,76)(H,70,71)(H4,48,49,51)/t23-,26-,27-,28-,29-,30+,31+,35+,36+,37+,38-,39+/m1/s1. The molecule has 0 rings (SSSR count). The van der Waals surface area contributed by atoms with Gasteiger partial charge in [-0.1, -0.05) is 33.6 Å². The number of carbonyl (C=O) groups is 15. The molecule has 20 N–H and O–H groups in total. The van der Waals surface area contributed by atoms with Gasteiger partial charge in [0.05, 0.1) is 49.2 Å². The first kappa shape index (κ1) is 69.6. The van der Waals surface area contributed by atoms with Crippen molar-refractivity contribution in [2.45, 2.75) is 159 Å². The van der Waals surface area contributed by atoms with Crippen LogP contribution in [-0.4, -0.2) is 188 Å². The lowest BCUT2D eigenvalue weighted by Gasteiger charge is -2.32. The average molecular weight is 1100 g/mol. The Hall–Kier alpha value is -7.36. The van der Waals surface area contributed by atoms with E-state index in [4.69, 9.17) is 22.9 Å². The second-order valence-electron chi connectivity index (χ2n) is 17.4. The zero-order valence-electron chi connectivity index (χ0n) is 43.6. The number of Topliss-reactive ketones (excluding diaryl/α,β-unsaturated/α-hetero) is 3. The van der Waals surface area contributed by atoms with Gasteiger partial charge in [0.2, 0.25) is 17.6 Å². The van der Waals surface area contributed by atoms with Gasteiger partial charge < -0.3 is 78.6 Å². The summed E-state index contributed by atoms with van der Waals surface area (Å²) >= 11 is 0. The predicted octanol–water partition coefficient (Wildman–Crippen LogP) is -8.32. The Kier molecular flexibility index (Phi) is 34.6. The van der Waals surface area contributed by atoms with E-state index in [0.29, 0.717) is 25.3 Å². The molecule has 432 valence electrons. The molecule has 0 aliphatic carbocycles. The summed E-state index contributed by atoms with van der Waals surface area (Å²) in [7, 11) is 0. The maximum Gasteiger partial charge on any atom is 0.305 e. The lowest BCUT2D eigenvalue weighted by Crippen LogP contribution is -2.70. The summed E-state index contributed by atoms with van der Waals surface area (Å²) in [6.07, 6.45) is -9.66. The minimum absolute atomic E-state index is 0.0238. The fourth-order valence-corrected chi connectivity index (χ4v) is 6.81. The zero-order valence-corrected chi connectivity index (χ0v) is 43.6. The van der Waals surface area contributed by atoms with Gasteiger partial charge >= 0.3 is 5.97 Å². The summed E-state index contributed by atoms with van der Waals surface area (Å²) in [6.45, 7) is 6.59. The molecule has 0 aromatic rings. The topological polar surface area (TPSA) is 525 Å². The quantitative estimate of drug-likeness (QED) is 0.00672. The summed E-state index contributed by atoms with van der Waals surface area (Å²) in [5, 5.41) is 35.8. The Morgan fingerprint density at radius 3 is 1.45 bits per heavy atom. The molecule has 0 bridgehead atoms. The number of aliphatic carboxylic acids is 1. The number of aliphatic imine (C=N–C) groups is 1. The summed E-state index contributed by atoms with van der Waals surface area (Å²) in [4.78, 5) is 197. The van der Waals surface area contributed by atoms with Gasteiger partial charge in [0.15, 0.2) is 42.2 Å². The number of amides is 6. The number of rotatable bonds is 45. The molecule has 6 amide bonds. The first-order valence-corrected chi connectivity index (χ1v) is 24.5. The fourth-order valence-electron chi connectivity index (χ4n) is 6.81.